The second-order valence-corrected chi connectivity index (χ2v) is 8.56. The fourth-order valence-corrected chi connectivity index (χ4v) is 3.30. The van der Waals surface area contributed by atoms with Crippen molar-refractivity contribution in [3.63, 3.8) is 0 Å². The zero-order valence-corrected chi connectivity index (χ0v) is 19.6. The average Bonchev–Trinajstić information content (AvgIpc) is 2.78. The second-order valence-electron chi connectivity index (χ2n) is 8.56. The molecule has 2 aromatic rings. The monoisotopic (exact) mass is 468 g/mol. The third kappa shape index (κ3) is 8.00. The highest BCUT2D eigenvalue weighted by Crippen LogP contribution is 2.16. The number of anilines is 1. The van der Waals surface area contributed by atoms with Gasteiger partial charge in [0.25, 0.3) is 5.91 Å². The van der Waals surface area contributed by atoms with E-state index in [0.717, 1.165) is 5.56 Å². The highest BCUT2D eigenvalue weighted by atomic mass is 16.4. The van der Waals surface area contributed by atoms with Gasteiger partial charge in [0.05, 0.1) is 17.3 Å². The number of carbonyl (C=O) groups is 4. The summed E-state index contributed by atoms with van der Waals surface area (Å²) in [4.78, 5) is 49.5. The molecule has 0 aliphatic heterocycles. The predicted octanol–water partition coefficient (Wildman–Crippen LogP) is 1.93. The Morgan fingerprint density at radius 3 is 2.12 bits per heavy atom. The van der Waals surface area contributed by atoms with Crippen LogP contribution in [0.4, 0.5) is 5.69 Å². The van der Waals surface area contributed by atoms with Crippen molar-refractivity contribution < 1.29 is 24.3 Å². The molecule has 34 heavy (non-hydrogen) atoms. The van der Waals surface area contributed by atoms with Crippen LogP contribution in [0.1, 0.15) is 43.1 Å². The van der Waals surface area contributed by atoms with Crippen LogP contribution in [0.3, 0.4) is 0 Å². The highest BCUT2D eigenvalue weighted by Gasteiger charge is 2.26. The van der Waals surface area contributed by atoms with E-state index in [-0.39, 0.29) is 23.6 Å². The van der Waals surface area contributed by atoms with Gasteiger partial charge < -0.3 is 26.8 Å². The molecule has 0 saturated carbocycles. The zero-order valence-electron chi connectivity index (χ0n) is 19.6. The number of amides is 3. The lowest BCUT2D eigenvalue weighted by Gasteiger charge is -2.22. The number of carboxylic acids is 1. The lowest BCUT2D eigenvalue weighted by molar-refractivity contribution is -0.138. The van der Waals surface area contributed by atoms with E-state index in [1.54, 1.807) is 12.1 Å². The number of carboxylic acid groups (broad SMARTS) is 1. The Hall–Kier alpha value is -3.72. The molecule has 2 rings (SSSR count). The summed E-state index contributed by atoms with van der Waals surface area (Å²) >= 11 is 0. The molecule has 0 spiro atoms. The lowest BCUT2D eigenvalue weighted by Crippen LogP contribution is -2.51. The summed E-state index contributed by atoms with van der Waals surface area (Å²) in [6.45, 7) is 5.25. The molecule has 0 unspecified atom stereocenters. The van der Waals surface area contributed by atoms with Crippen LogP contribution in [0.25, 0.3) is 0 Å². The maximum Gasteiger partial charge on any atom is 0.325 e. The molecular formula is C25H32N4O5. The third-order valence-electron chi connectivity index (χ3n) is 5.13. The molecular weight excluding hydrogens is 436 g/mol. The Balaban J connectivity index is 2.24. The van der Waals surface area contributed by atoms with Crippen molar-refractivity contribution in [2.75, 3.05) is 5.32 Å². The summed E-state index contributed by atoms with van der Waals surface area (Å²) in [5.74, 6) is -2.58. The van der Waals surface area contributed by atoms with Crippen LogP contribution < -0.4 is 21.7 Å². The standard InChI is InChI=1S/C25H32N4O5/c1-15(2)13-19(26)23(31)29-21(14-17-9-5-4-6-10-17)24(32)28-20-12-8-7-11-18(20)22(30)27-16(3)25(33)34/h4-12,15-16,19,21H,13-14,26H2,1-3H3,(H,27,30)(H,28,32)(H,29,31)(H,33,34)/t16-,19-,21-/m1/s1. The smallest absolute Gasteiger partial charge is 0.325 e. The number of para-hydroxylation sites is 1. The Kier molecular flexibility index (Phi) is 9.76. The largest absolute Gasteiger partial charge is 0.480 e. The number of hydrogen-bond donors (Lipinski definition) is 5. The molecule has 0 aliphatic rings. The highest BCUT2D eigenvalue weighted by molar-refractivity contribution is 6.06. The Morgan fingerprint density at radius 2 is 1.50 bits per heavy atom. The van der Waals surface area contributed by atoms with Crippen LogP contribution in [0.5, 0.6) is 0 Å². The van der Waals surface area contributed by atoms with Crippen molar-refractivity contribution in [2.24, 2.45) is 11.7 Å². The fraction of sp³-hybridized carbons (Fsp3) is 0.360. The molecule has 9 nitrogen and oxygen atoms in total. The van der Waals surface area contributed by atoms with Crippen LogP contribution in [0.2, 0.25) is 0 Å². The Bertz CT molecular complexity index is 1010. The van der Waals surface area contributed by atoms with E-state index in [9.17, 15) is 19.2 Å². The second kappa shape index (κ2) is 12.5. The van der Waals surface area contributed by atoms with Crippen molar-refractivity contribution >= 4 is 29.4 Å². The van der Waals surface area contributed by atoms with Crippen molar-refractivity contribution in [3.8, 4) is 0 Å². The van der Waals surface area contributed by atoms with Crippen molar-refractivity contribution in [1.29, 1.82) is 0 Å². The summed E-state index contributed by atoms with van der Waals surface area (Å²) in [5, 5.41) is 16.9. The summed E-state index contributed by atoms with van der Waals surface area (Å²) < 4.78 is 0. The van der Waals surface area contributed by atoms with E-state index in [0.29, 0.717) is 6.42 Å². The summed E-state index contributed by atoms with van der Waals surface area (Å²) in [6.07, 6.45) is 0.688. The molecule has 0 aromatic heterocycles. The van der Waals surface area contributed by atoms with Crippen LogP contribution in [-0.2, 0) is 20.8 Å². The molecule has 6 N–H and O–H groups in total. The molecule has 0 fully saturated rings. The quantitative estimate of drug-likeness (QED) is 0.340. The first kappa shape index (κ1) is 26.5. The van der Waals surface area contributed by atoms with Crippen molar-refractivity contribution in [1.82, 2.24) is 10.6 Å². The predicted molar refractivity (Wildman–Crippen MR) is 129 cm³/mol. The van der Waals surface area contributed by atoms with Crippen molar-refractivity contribution in [3.05, 3.63) is 65.7 Å². The van der Waals surface area contributed by atoms with Gasteiger partial charge in [-0.05, 0) is 37.0 Å². The molecule has 2 aromatic carbocycles. The van der Waals surface area contributed by atoms with Gasteiger partial charge in [-0.15, -0.1) is 0 Å². The number of aliphatic carboxylic acids is 1. The molecule has 3 amide bonds. The SMILES string of the molecule is CC(C)C[C@@H](N)C(=O)N[C@H](Cc1ccccc1)C(=O)Nc1ccccc1C(=O)N[C@H](C)C(=O)O. The molecule has 0 radical (unpaired) electrons. The maximum absolute atomic E-state index is 13.2. The van der Waals surface area contributed by atoms with Gasteiger partial charge in [-0.1, -0.05) is 56.3 Å². The normalized spacial score (nSPS) is 13.4. The van der Waals surface area contributed by atoms with Crippen LogP contribution in [0, 0.1) is 5.92 Å². The minimum atomic E-state index is -1.18. The van der Waals surface area contributed by atoms with E-state index >= 15 is 0 Å². The first-order valence-electron chi connectivity index (χ1n) is 11.1. The number of rotatable bonds is 11. The van der Waals surface area contributed by atoms with Gasteiger partial charge in [-0.3, -0.25) is 19.2 Å². The van der Waals surface area contributed by atoms with Gasteiger partial charge in [-0.2, -0.15) is 0 Å². The molecule has 0 bridgehead atoms. The third-order valence-corrected chi connectivity index (χ3v) is 5.13. The molecule has 0 aliphatic carbocycles. The van der Waals surface area contributed by atoms with E-state index in [1.165, 1.54) is 19.1 Å². The Morgan fingerprint density at radius 1 is 0.882 bits per heavy atom. The molecule has 0 heterocycles. The number of carbonyl (C=O) groups excluding carboxylic acids is 3. The number of nitrogens with two attached hydrogens (primary N) is 1. The average molecular weight is 469 g/mol. The van der Waals surface area contributed by atoms with Crippen LogP contribution in [-0.4, -0.2) is 46.9 Å². The lowest BCUT2D eigenvalue weighted by atomic mass is 10.0. The first-order valence-corrected chi connectivity index (χ1v) is 11.1. The Labute approximate surface area is 199 Å². The number of hydrogen-bond acceptors (Lipinski definition) is 5. The molecule has 0 saturated heterocycles. The van der Waals surface area contributed by atoms with E-state index in [2.05, 4.69) is 16.0 Å². The molecule has 3 atom stereocenters. The summed E-state index contributed by atoms with van der Waals surface area (Å²) in [5.41, 5.74) is 7.14. The summed E-state index contributed by atoms with van der Waals surface area (Å²) in [6, 6.07) is 12.6. The minimum Gasteiger partial charge on any atom is -0.480 e. The van der Waals surface area contributed by atoms with Gasteiger partial charge >= 0.3 is 5.97 Å². The van der Waals surface area contributed by atoms with Crippen LogP contribution in [0.15, 0.2) is 54.6 Å². The van der Waals surface area contributed by atoms with E-state index in [4.69, 9.17) is 10.8 Å². The summed E-state index contributed by atoms with van der Waals surface area (Å²) in [7, 11) is 0. The van der Waals surface area contributed by atoms with Gasteiger partial charge in [0.2, 0.25) is 11.8 Å². The number of benzene rings is 2. The number of nitrogens with one attached hydrogen (secondary N) is 3. The molecule has 182 valence electrons. The van der Waals surface area contributed by atoms with Crippen molar-refractivity contribution in [2.45, 2.75) is 51.7 Å². The first-order chi connectivity index (χ1) is 16.1. The molecule has 9 heteroatoms. The van der Waals surface area contributed by atoms with Gasteiger partial charge in [0.1, 0.15) is 12.1 Å². The van der Waals surface area contributed by atoms with Gasteiger partial charge in [0.15, 0.2) is 0 Å². The van der Waals surface area contributed by atoms with E-state index < -0.39 is 41.8 Å². The topological polar surface area (TPSA) is 151 Å². The van der Waals surface area contributed by atoms with Gasteiger partial charge in [-0.25, -0.2) is 0 Å². The minimum absolute atomic E-state index is 0.102. The fourth-order valence-electron chi connectivity index (χ4n) is 3.30. The van der Waals surface area contributed by atoms with E-state index in [1.807, 2.05) is 44.2 Å². The van der Waals surface area contributed by atoms with Crippen LogP contribution >= 0.6 is 0 Å². The van der Waals surface area contributed by atoms with Gasteiger partial charge in [0, 0.05) is 6.42 Å². The maximum atomic E-state index is 13.2. The zero-order chi connectivity index (χ0) is 25.3.